The van der Waals surface area contributed by atoms with Crippen molar-refractivity contribution in [1.82, 2.24) is 9.88 Å². The van der Waals surface area contributed by atoms with E-state index < -0.39 is 5.97 Å². The highest BCUT2D eigenvalue weighted by Crippen LogP contribution is 2.27. The fourth-order valence-corrected chi connectivity index (χ4v) is 4.14. The summed E-state index contributed by atoms with van der Waals surface area (Å²) in [5.41, 5.74) is 2.77. The van der Waals surface area contributed by atoms with Crippen molar-refractivity contribution in [3.8, 4) is 0 Å². The Labute approximate surface area is 172 Å². The van der Waals surface area contributed by atoms with E-state index in [9.17, 15) is 9.59 Å². The van der Waals surface area contributed by atoms with Gasteiger partial charge in [-0.15, -0.1) is 0 Å². The molecule has 0 spiro atoms. The third kappa shape index (κ3) is 4.61. The zero-order valence-corrected chi connectivity index (χ0v) is 16.8. The molecule has 7 nitrogen and oxygen atoms in total. The van der Waals surface area contributed by atoms with Crippen LogP contribution in [0.25, 0.3) is 10.2 Å². The molecule has 29 heavy (non-hydrogen) atoms. The number of thiazole rings is 1. The van der Waals surface area contributed by atoms with Crippen LogP contribution in [0.5, 0.6) is 0 Å². The summed E-state index contributed by atoms with van der Waals surface area (Å²) in [6, 6.07) is 12.6. The molecule has 8 heteroatoms. The van der Waals surface area contributed by atoms with Crippen LogP contribution in [0.3, 0.4) is 0 Å². The fourth-order valence-electron chi connectivity index (χ4n) is 3.21. The van der Waals surface area contributed by atoms with Gasteiger partial charge in [0.2, 0.25) is 0 Å². The first-order chi connectivity index (χ1) is 14.1. The number of morpholine rings is 1. The Bertz CT molecular complexity index is 1040. The second-order valence-electron chi connectivity index (χ2n) is 6.74. The lowest BCUT2D eigenvalue weighted by atomic mass is 10.1. The van der Waals surface area contributed by atoms with Gasteiger partial charge >= 0.3 is 5.97 Å². The maximum Gasteiger partial charge on any atom is 0.337 e. The average molecular weight is 411 g/mol. The minimum absolute atomic E-state index is 0.316. The Morgan fingerprint density at radius 3 is 2.76 bits per heavy atom. The molecule has 0 radical (unpaired) electrons. The third-order valence-corrected chi connectivity index (χ3v) is 5.66. The molecule has 150 valence electrons. The molecule has 1 N–H and O–H groups in total. The second-order valence-corrected chi connectivity index (χ2v) is 7.77. The zero-order chi connectivity index (χ0) is 20.2. The summed E-state index contributed by atoms with van der Waals surface area (Å²) in [4.78, 5) is 31.1. The lowest BCUT2D eigenvalue weighted by Gasteiger charge is -2.26. The molecule has 4 rings (SSSR count). The number of fused-ring (bicyclic) bond motifs is 1. The Morgan fingerprint density at radius 1 is 1.17 bits per heavy atom. The van der Waals surface area contributed by atoms with E-state index in [-0.39, 0.29) is 5.91 Å². The van der Waals surface area contributed by atoms with Crippen molar-refractivity contribution in [2.45, 2.75) is 6.54 Å². The first kappa shape index (κ1) is 19.5. The number of carbonyl (C=O) groups is 2. The van der Waals surface area contributed by atoms with Crippen molar-refractivity contribution in [2.24, 2.45) is 0 Å². The van der Waals surface area contributed by atoms with E-state index in [0.29, 0.717) is 16.3 Å². The van der Waals surface area contributed by atoms with E-state index in [1.807, 2.05) is 6.07 Å². The molecule has 0 unspecified atom stereocenters. The largest absolute Gasteiger partial charge is 0.465 e. The molecule has 1 saturated heterocycles. The molecule has 3 aromatic rings. The van der Waals surface area contributed by atoms with Gasteiger partial charge in [0.25, 0.3) is 5.91 Å². The maximum atomic E-state index is 12.6. The predicted molar refractivity (Wildman–Crippen MR) is 111 cm³/mol. The van der Waals surface area contributed by atoms with Crippen molar-refractivity contribution < 1.29 is 19.1 Å². The molecule has 1 fully saturated rings. The highest BCUT2D eigenvalue weighted by molar-refractivity contribution is 7.22. The van der Waals surface area contributed by atoms with Crippen molar-refractivity contribution >= 4 is 38.6 Å². The van der Waals surface area contributed by atoms with Crippen LogP contribution in [0.15, 0.2) is 42.5 Å². The number of amides is 1. The number of nitrogens with zero attached hydrogens (tertiary/aromatic N) is 2. The van der Waals surface area contributed by atoms with E-state index in [2.05, 4.69) is 27.3 Å². The second kappa shape index (κ2) is 8.69. The van der Waals surface area contributed by atoms with Crippen molar-refractivity contribution in [3.63, 3.8) is 0 Å². The van der Waals surface area contributed by atoms with Crippen LogP contribution < -0.4 is 5.32 Å². The van der Waals surface area contributed by atoms with Gasteiger partial charge < -0.3 is 9.47 Å². The van der Waals surface area contributed by atoms with Gasteiger partial charge in [0.15, 0.2) is 5.13 Å². The van der Waals surface area contributed by atoms with Gasteiger partial charge in [-0.05, 0) is 35.9 Å². The van der Waals surface area contributed by atoms with Crippen LogP contribution >= 0.6 is 11.3 Å². The summed E-state index contributed by atoms with van der Waals surface area (Å²) in [6.45, 7) is 4.30. The van der Waals surface area contributed by atoms with E-state index in [0.717, 1.165) is 43.1 Å². The number of methoxy groups -OCH3 is 1. The van der Waals surface area contributed by atoms with Crippen molar-refractivity contribution in [3.05, 3.63) is 59.2 Å². The van der Waals surface area contributed by atoms with Gasteiger partial charge in [0.05, 0.1) is 36.1 Å². The number of hydrogen-bond acceptors (Lipinski definition) is 7. The number of aromatic nitrogens is 1. The number of carbonyl (C=O) groups excluding carboxylic acids is 2. The third-order valence-electron chi connectivity index (χ3n) is 4.73. The molecule has 0 bridgehead atoms. The number of esters is 1. The van der Waals surface area contributed by atoms with E-state index in [1.54, 1.807) is 18.2 Å². The zero-order valence-electron chi connectivity index (χ0n) is 16.0. The van der Waals surface area contributed by atoms with Gasteiger partial charge in [-0.1, -0.05) is 23.5 Å². The number of rotatable bonds is 5. The number of benzene rings is 2. The minimum atomic E-state index is -0.479. The summed E-state index contributed by atoms with van der Waals surface area (Å²) in [5.74, 6) is -0.796. The van der Waals surface area contributed by atoms with E-state index in [1.165, 1.54) is 30.1 Å². The molecule has 2 aromatic carbocycles. The summed E-state index contributed by atoms with van der Waals surface area (Å²) < 4.78 is 11.1. The fraction of sp³-hybridized carbons (Fsp3) is 0.286. The molecule has 0 saturated carbocycles. The van der Waals surface area contributed by atoms with Crippen LogP contribution in [0.1, 0.15) is 26.3 Å². The summed E-state index contributed by atoms with van der Waals surface area (Å²) in [6.07, 6.45) is 0. The van der Waals surface area contributed by atoms with Crippen molar-refractivity contribution in [1.29, 1.82) is 0 Å². The molecule has 2 heterocycles. The molecule has 1 aliphatic rings. The Morgan fingerprint density at radius 2 is 1.97 bits per heavy atom. The van der Waals surface area contributed by atoms with Gasteiger partial charge in [-0.2, -0.15) is 0 Å². The standard InChI is InChI=1S/C21H21N3O4S/c1-27-20(26)16-4-2-3-15(12-16)19(25)23-21-22-17-6-5-14(11-18(17)29-21)13-24-7-9-28-10-8-24/h2-6,11-12H,7-10,13H2,1H3,(H,22,23,25). The molecule has 0 atom stereocenters. The Balaban J connectivity index is 1.48. The van der Waals surface area contributed by atoms with E-state index in [4.69, 9.17) is 9.47 Å². The normalized spacial score (nSPS) is 14.7. The van der Waals surface area contributed by atoms with Crippen LogP contribution in [-0.2, 0) is 16.0 Å². The maximum absolute atomic E-state index is 12.6. The summed E-state index contributed by atoms with van der Waals surface area (Å²) >= 11 is 1.43. The molecular weight excluding hydrogens is 390 g/mol. The highest BCUT2D eigenvalue weighted by atomic mass is 32.1. The van der Waals surface area contributed by atoms with Crippen LogP contribution in [-0.4, -0.2) is 55.2 Å². The number of ether oxygens (including phenoxy) is 2. The van der Waals surface area contributed by atoms with E-state index >= 15 is 0 Å². The predicted octanol–water partition coefficient (Wildman–Crippen LogP) is 3.17. The molecular formula is C21H21N3O4S. The topological polar surface area (TPSA) is 80.8 Å². The van der Waals surface area contributed by atoms with Gasteiger partial charge in [0, 0.05) is 25.2 Å². The monoisotopic (exact) mass is 411 g/mol. The molecule has 0 aliphatic carbocycles. The Kier molecular flexibility index (Phi) is 5.84. The van der Waals surface area contributed by atoms with Crippen LogP contribution in [0, 0.1) is 0 Å². The molecule has 1 aliphatic heterocycles. The number of nitrogens with one attached hydrogen (secondary N) is 1. The van der Waals surface area contributed by atoms with Crippen molar-refractivity contribution in [2.75, 3.05) is 38.7 Å². The smallest absolute Gasteiger partial charge is 0.337 e. The van der Waals surface area contributed by atoms with Gasteiger partial charge in [-0.25, -0.2) is 9.78 Å². The average Bonchev–Trinajstić information content (AvgIpc) is 3.15. The first-order valence-electron chi connectivity index (χ1n) is 9.32. The lowest BCUT2D eigenvalue weighted by Crippen LogP contribution is -2.35. The summed E-state index contributed by atoms with van der Waals surface area (Å²) in [7, 11) is 1.31. The lowest BCUT2D eigenvalue weighted by molar-refractivity contribution is 0.0342. The van der Waals surface area contributed by atoms with Gasteiger partial charge in [0.1, 0.15) is 0 Å². The Hall–Kier alpha value is -2.81. The SMILES string of the molecule is COC(=O)c1cccc(C(=O)Nc2nc3ccc(CN4CCOCC4)cc3s2)c1. The quantitative estimate of drug-likeness (QED) is 0.650. The molecule has 1 aromatic heterocycles. The number of hydrogen-bond donors (Lipinski definition) is 1. The van der Waals surface area contributed by atoms with Gasteiger partial charge in [-0.3, -0.25) is 15.0 Å². The van der Waals surface area contributed by atoms with Crippen LogP contribution in [0.4, 0.5) is 5.13 Å². The molecule has 1 amide bonds. The first-order valence-corrected chi connectivity index (χ1v) is 10.1. The minimum Gasteiger partial charge on any atom is -0.465 e. The number of anilines is 1. The van der Waals surface area contributed by atoms with Crippen LogP contribution in [0.2, 0.25) is 0 Å². The summed E-state index contributed by atoms with van der Waals surface area (Å²) in [5, 5.41) is 3.35. The highest BCUT2D eigenvalue weighted by Gasteiger charge is 2.14.